The second kappa shape index (κ2) is 12.9. The van der Waals surface area contributed by atoms with Gasteiger partial charge in [0.25, 0.3) is 5.91 Å². The van der Waals surface area contributed by atoms with Gasteiger partial charge in [-0.25, -0.2) is 12.7 Å². The molecule has 1 heterocycles. The third-order valence-electron chi connectivity index (χ3n) is 6.55. The van der Waals surface area contributed by atoms with Gasteiger partial charge < -0.3 is 24.4 Å². The number of amides is 1. The molecule has 0 aliphatic carbocycles. The summed E-state index contributed by atoms with van der Waals surface area (Å²) in [5.74, 6) is 0.106. The molecule has 9 nitrogen and oxygen atoms in total. The van der Waals surface area contributed by atoms with Gasteiger partial charge in [0.15, 0.2) is 0 Å². The Morgan fingerprint density at radius 2 is 1.89 bits per heavy atom. The van der Waals surface area contributed by atoms with E-state index < -0.39 is 22.2 Å². The van der Waals surface area contributed by atoms with Crippen molar-refractivity contribution in [2.75, 3.05) is 58.6 Å². The van der Waals surface area contributed by atoms with Gasteiger partial charge in [0.1, 0.15) is 5.75 Å². The predicted molar refractivity (Wildman–Crippen MR) is 139 cm³/mol. The average Bonchev–Trinajstić information content (AvgIpc) is 2.79. The first-order valence-electron chi connectivity index (χ1n) is 12.3. The highest BCUT2D eigenvalue weighted by Gasteiger charge is 2.31. The minimum Gasteiger partial charge on any atom is -0.490 e. The van der Waals surface area contributed by atoms with Crippen LogP contribution in [0.2, 0.25) is 0 Å². The zero-order chi connectivity index (χ0) is 26.3. The predicted octanol–water partition coefficient (Wildman–Crippen LogP) is 2.44. The standard InChI is InChI=1S/C25H43N3O6S/c1-18-15-28(19(2)17-29)25(30)22-14-21(26(4)5)11-12-23(22)34-20(3)10-8-9-13-33-24(18)16-27(6)35(7,31)32/h11-12,14,18-20,24,29H,8-10,13,15-17H2,1-7H3/t18-,19-,20+,24-/m0/s1. The van der Waals surface area contributed by atoms with Crippen molar-refractivity contribution < 1.29 is 27.8 Å². The number of carbonyl (C=O) groups is 1. The van der Waals surface area contributed by atoms with Gasteiger partial charge in [-0.1, -0.05) is 6.92 Å². The Hall–Kier alpha value is -1.88. The molecular formula is C25H43N3O6S. The summed E-state index contributed by atoms with van der Waals surface area (Å²) in [6.07, 6.45) is 3.18. The second-order valence-corrected chi connectivity index (χ2v) is 12.0. The van der Waals surface area contributed by atoms with E-state index in [9.17, 15) is 18.3 Å². The first-order valence-corrected chi connectivity index (χ1v) is 14.1. The fourth-order valence-corrected chi connectivity index (χ4v) is 4.46. The van der Waals surface area contributed by atoms with Crippen LogP contribution in [-0.4, -0.2) is 101 Å². The molecule has 0 aromatic heterocycles. The van der Waals surface area contributed by atoms with Crippen LogP contribution in [0.5, 0.6) is 5.75 Å². The third kappa shape index (κ3) is 8.34. The minimum absolute atomic E-state index is 0.0931. The van der Waals surface area contributed by atoms with Crippen molar-refractivity contribution in [1.82, 2.24) is 9.21 Å². The Bertz CT molecular complexity index is 939. The number of hydrogen-bond donors (Lipinski definition) is 1. The van der Waals surface area contributed by atoms with E-state index in [1.165, 1.54) is 17.6 Å². The van der Waals surface area contributed by atoms with Crippen LogP contribution in [0, 0.1) is 5.92 Å². The van der Waals surface area contributed by atoms with Crippen LogP contribution in [-0.2, 0) is 14.8 Å². The molecule has 0 unspecified atom stereocenters. The molecule has 2 rings (SSSR count). The summed E-state index contributed by atoms with van der Waals surface area (Å²) < 4.78 is 37.8. The molecule has 200 valence electrons. The molecule has 4 atom stereocenters. The fraction of sp³-hybridized carbons (Fsp3) is 0.720. The number of rotatable bonds is 6. The number of sulfonamides is 1. The highest BCUT2D eigenvalue weighted by atomic mass is 32.2. The van der Waals surface area contributed by atoms with Crippen molar-refractivity contribution in [3.05, 3.63) is 23.8 Å². The molecule has 0 bridgehead atoms. The quantitative estimate of drug-likeness (QED) is 0.624. The van der Waals surface area contributed by atoms with Gasteiger partial charge in [0.2, 0.25) is 10.0 Å². The fourth-order valence-electron chi connectivity index (χ4n) is 4.04. The summed E-state index contributed by atoms with van der Waals surface area (Å²) in [6, 6.07) is 5.14. The number of anilines is 1. The maximum Gasteiger partial charge on any atom is 0.258 e. The van der Waals surface area contributed by atoms with Gasteiger partial charge in [-0.15, -0.1) is 0 Å². The molecule has 35 heavy (non-hydrogen) atoms. The second-order valence-electron chi connectivity index (χ2n) is 9.92. The number of ether oxygens (including phenoxy) is 2. The van der Waals surface area contributed by atoms with Gasteiger partial charge in [-0.05, 0) is 51.3 Å². The number of aliphatic hydroxyl groups is 1. The smallest absolute Gasteiger partial charge is 0.258 e. The van der Waals surface area contributed by atoms with Crippen molar-refractivity contribution in [1.29, 1.82) is 0 Å². The Labute approximate surface area is 211 Å². The summed E-state index contributed by atoms with van der Waals surface area (Å²) in [5.41, 5.74) is 1.31. The SMILES string of the molecule is C[C@@H]1CCCCO[C@@H](CN(C)S(C)(=O)=O)[C@@H](C)CN([C@@H](C)CO)C(=O)c2cc(N(C)C)ccc2O1. The molecule has 1 amide bonds. The Kier molecular flexibility index (Phi) is 10.8. The molecule has 1 aromatic carbocycles. The largest absolute Gasteiger partial charge is 0.490 e. The van der Waals surface area contributed by atoms with E-state index in [4.69, 9.17) is 9.47 Å². The number of hydrogen-bond acceptors (Lipinski definition) is 7. The van der Waals surface area contributed by atoms with Gasteiger partial charge >= 0.3 is 0 Å². The first kappa shape index (κ1) is 29.4. The summed E-state index contributed by atoms with van der Waals surface area (Å²) in [5, 5.41) is 9.96. The van der Waals surface area contributed by atoms with E-state index >= 15 is 0 Å². The van der Waals surface area contributed by atoms with E-state index in [-0.39, 0.29) is 31.1 Å². The molecule has 0 saturated heterocycles. The summed E-state index contributed by atoms with van der Waals surface area (Å²) in [6.45, 7) is 6.51. The van der Waals surface area contributed by atoms with E-state index in [1.807, 2.05) is 51.0 Å². The summed E-state index contributed by atoms with van der Waals surface area (Å²) in [4.78, 5) is 17.5. The molecule has 0 fully saturated rings. The van der Waals surface area contributed by atoms with Crippen LogP contribution >= 0.6 is 0 Å². The van der Waals surface area contributed by atoms with Crippen molar-refractivity contribution >= 4 is 21.6 Å². The number of fused-ring (bicyclic) bond motifs is 1. The molecule has 0 radical (unpaired) electrons. The number of nitrogens with zero attached hydrogens (tertiary/aromatic N) is 3. The maximum absolute atomic E-state index is 13.9. The topological polar surface area (TPSA) is 99.6 Å². The van der Waals surface area contributed by atoms with Gasteiger partial charge in [0, 0.05) is 52.4 Å². The van der Waals surface area contributed by atoms with Crippen LogP contribution in [0.1, 0.15) is 50.4 Å². The lowest BCUT2D eigenvalue weighted by Crippen LogP contribution is -2.47. The summed E-state index contributed by atoms with van der Waals surface area (Å²) in [7, 11) is 1.98. The van der Waals surface area contributed by atoms with Crippen molar-refractivity contribution in [2.24, 2.45) is 5.92 Å². The van der Waals surface area contributed by atoms with E-state index in [0.29, 0.717) is 24.5 Å². The van der Waals surface area contributed by atoms with Gasteiger partial charge in [0.05, 0.1) is 36.7 Å². The minimum atomic E-state index is -3.38. The van der Waals surface area contributed by atoms with Crippen LogP contribution in [0.15, 0.2) is 18.2 Å². The number of likely N-dealkylation sites (N-methyl/N-ethyl adjacent to an activating group) is 1. The number of benzene rings is 1. The average molecular weight is 514 g/mol. The maximum atomic E-state index is 13.9. The van der Waals surface area contributed by atoms with E-state index in [2.05, 4.69) is 0 Å². The number of carbonyl (C=O) groups excluding carboxylic acids is 1. The Morgan fingerprint density at radius 1 is 1.20 bits per heavy atom. The molecule has 0 spiro atoms. The molecule has 10 heteroatoms. The normalized spacial score (nSPS) is 23.9. The van der Waals surface area contributed by atoms with Gasteiger partial charge in [-0.2, -0.15) is 0 Å². The van der Waals surface area contributed by atoms with Crippen molar-refractivity contribution in [3.63, 3.8) is 0 Å². The Morgan fingerprint density at radius 3 is 2.49 bits per heavy atom. The van der Waals surface area contributed by atoms with Gasteiger partial charge in [-0.3, -0.25) is 4.79 Å². The molecule has 1 aliphatic heterocycles. The lowest BCUT2D eigenvalue weighted by molar-refractivity contribution is -0.00828. The number of aliphatic hydroxyl groups excluding tert-OH is 1. The van der Waals surface area contributed by atoms with E-state index in [1.54, 1.807) is 11.8 Å². The van der Waals surface area contributed by atoms with Crippen LogP contribution in [0.25, 0.3) is 0 Å². The van der Waals surface area contributed by atoms with Crippen LogP contribution in [0.3, 0.4) is 0 Å². The highest BCUT2D eigenvalue weighted by Crippen LogP contribution is 2.29. The third-order valence-corrected chi connectivity index (χ3v) is 7.84. The Balaban J connectivity index is 2.49. The monoisotopic (exact) mass is 513 g/mol. The molecule has 1 N–H and O–H groups in total. The zero-order valence-electron chi connectivity index (χ0n) is 22.2. The van der Waals surface area contributed by atoms with E-state index in [0.717, 1.165) is 24.9 Å². The first-order chi connectivity index (χ1) is 16.3. The van der Waals surface area contributed by atoms with Crippen molar-refractivity contribution in [2.45, 2.75) is 58.3 Å². The molecular weight excluding hydrogens is 470 g/mol. The molecule has 1 aliphatic rings. The highest BCUT2D eigenvalue weighted by molar-refractivity contribution is 7.88. The lowest BCUT2D eigenvalue weighted by Gasteiger charge is -2.35. The summed E-state index contributed by atoms with van der Waals surface area (Å²) >= 11 is 0. The van der Waals surface area contributed by atoms with Crippen LogP contribution in [0.4, 0.5) is 5.69 Å². The lowest BCUT2D eigenvalue weighted by atomic mass is 10.0. The zero-order valence-corrected chi connectivity index (χ0v) is 23.0. The van der Waals surface area contributed by atoms with Crippen LogP contribution < -0.4 is 9.64 Å². The molecule has 1 aromatic rings. The molecule has 0 saturated carbocycles. The van der Waals surface area contributed by atoms with Crippen molar-refractivity contribution in [3.8, 4) is 5.75 Å².